The van der Waals surface area contributed by atoms with E-state index < -0.39 is 0 Å². The number of hydrogen-bond donors (Lipinski definition) is 0. The summed E-state index contributed by atoms with van der Waals surface area (Å²) in [5.74, 6) is 0.492. The SMILES string of the molecule is CC1=Cc2c(cccc2C2Cc3cccc4cccc2c34)[CH]1. The summed E-state index contributed by atoms with van der Waals surface area (Å²) < 4.78 is 0. The van der Waals surface area contributed by atoms with Gasteiger partial charge >= 0.3 is 0 Å². The van der Waals surface area contributed by atoms with Gasteiger partial charge in [-0.1, -0.05) is 66.2 Å². The average molecular weight is 281 g/mol. The molecule has 105 valence electrons. The molecule has 1 atom stereocenters. The highest BCUT2D eigenvalue weighted by atomic mass is 14.3. The molecule has 0 heterocycles. The Balaban J connectivity index is 1.75. The smallest absolute Gasteiger partial charge is 0.0161 e. The average Bonchev–Trinajstić information content (AvgIpc) is 3.09. The normalized spacial score (nSPS) is 18.6. The first-order chi connectivity index (χ1) is 10.8. The van der Waals surface area contributed by atoms with Gasteiger partial charge in [0, 0.05) is 12.3 Å². The van der Waals surface area contributed by atoms with Crippen molar-refractivity contribution in [3.63, 3.8) is 0 Å². The summed E-state index contributed by atoms with van der Waals surface area (Å²) in [5.41, 5.74) is 8.64. The first kappa shape index (κ1) is 12.2. The molecule has 0 heteroatoms. The van der Waals surface area contributed by atoms with Crippen LogP contribution in [0.25, 0.3) is 16.8 Å². The fourth-order valence-electron chi connectivity index (χ4n) is 4.23. The third-order valence-corrected chi connectivity index (χ3v) is 5.13. The van der Waals surface area contributed by atoms with Crippen LogP contribution >= 0.6 is 0 Å². The minimum Gasteiger partial charge on any atom is -0.0642 e. The predicted octanol–water partition coefficient (Wildman–Crippen LogP) is 5.50. The molecule has 0 saturated heterocycles. The van der Waals surface area contributed by atoms with Crippen molar-refractivity contribution in [1.29, 1.82) is 0 Å². The van der Waals surface area contributed by atoms with Crippen LogP contribution in [0.15, 0.2) is 60.2 Å². The molecule has 0 amide bonds. The Kier molecular flexibility index (Phi) is 2.41. The third-order valence-electron chi connectivity index (χ3n) is 5.13. The minimum absolute atomic E-state index is 0.492. The Morgan fingerprint density at radius 2 is 1.64 bits per heavy atom. The molecule has 0 aromatic heterocycles. The molecule has 0 fully saturated rings. The molecule has 5 rings (SSSR count). The topological polar surface area (TPSA) is 0 Å². The number of hydrogen-bond acceptors (Lipinski definition) is 0. The Hall–Kier alpha value is -2.34. The van der Waals surface area contributed by atoms with Crippen molar-refractivity contribution < 1.29 is 0 Å². The van der Waals surface area contributed by atoms with Crippen molar-refractivity contribution in [2.45, 2.75) is 19.3 Å². The van der Waals surface area contributed by atoms with Gasteiger partial charge in [0.05, 0.1) is 0 Å². The van der Waals surface area contributed by atoms with Crippen LogP contribution in [0.3, 0.4) is 0 Å². The summed E-state index contributed by atoms with van der Waals surface area (Å²) in [5, 5.41) is 2.86. The summed E-state index contributed by atoms with van der Waals surface area (Å²) in [4.78, 5) is 0. The van der Waals surface area contributed by atoms with E-state index in [-0.39, 0.29) is 0 Å². The lowest BCUT2D eigenvalue weighted by atomic mass is 9.87. The van der Waals surface area contributed by atoms with E-state index >= 15 is 0 Å². The molecule has 2 aliphatic rings. The fraction of sp³-hybridized carbons (Fsp3) is 0.136. The lowest BCUT2D eigenvalue weighted by molar-refractivity contribution is 0.845. The molecular formula is C22H17. The van der Waals surface area contributed by atoms with Gasteiger partial charge in [0.25, 0.3) is 0 Å². The third kappa shape index (κ3) is 1.58. The first-order valence-corrected chi connectivity index (χ1v) is 7.98. The molecule has 3 aromatic carbocycles. The number of allylic oxidation sites excluding steroid dienone is 1. The molecule has 2 aliphatic carbocycles. The predicted molar refractivity (Wildman–Crippen MR) is 93.0 cm³/mol. The van der Waals surface area contributed by atoms with Gasteiger partial charge in [-0.25, -0.2) is 0 Å². The molecule has 0 bridgehead atoms. The van der Waals surface area contributed by atoms with Crippen LogP contribution in [0.4, 0.5) is 0 Å². The van der Waals surface area contributed by atoms with Crippen LogP contribution < -0.4 is 0 Å². The summed E-state index contributed by atoms with van der Waals surface area (Å²) in [6.45, 7) is 2.19. The maximum atomic E-state index is 2.34. The summed E-state index contributed by atoms with van der Waals surface area (Å²) in [6.07, 6.45) is 5.76. The lowest BCUT2D eigenvalue weighted by Crippen LogP contribution is -2.02. The summed E-state index contributed by atoms with van der Waals surface area (Å²) >= 11 is 0. The first-order valence-electron chi connectivity index (χ1n) is 7.98. The van der Waals surface area contributed by atoms with Crippen LogP contribution in [-0.2, 0) is 6.42 Å². The maximum Gasteiger partial charge on any atom is 0.0161 e. The van der Waals surface area contributed by atoms with Crippen molar-refractivity contribution in [3.05, 3.63) is 94.4 Å². The fourth-order valence-corrected chi connectivity index (χ4v) is 4.23. The second-order valence-electron chi connectivity index (χ2n) is 6.50. The van der Waals surface area contributed by atoms with E-state index in [1.165, 1.54) is 44.2 Å². The van der Waals surface area contributed by atoms with Crippen LogP contribution in [0.1, 0.15) is 40.7 Å². The molecule has 3 aromatic rings. The monoisotopic (exact) mass is 281 g/mol. The second-order valence-corrected chi connectivity index (χ2v) is 6.50. The molecule has 0 spiro atoms. The highest BCUT2D eigenvalue weighted by molar-refractivity contribution is 5.92. The highest BCUT2D eigenvalue weighted by Crippen LogP contribution is 2.44. The van der Waals surface area contributed by atoms with E-state index in [2.05, 4.69) is 74.0 Å². The zero-order valence-corrected chi connectivity index (χ0v) is 12.6. The van der Waals surface area contributed by atoms with Gasteiger partial charge in [0.15, 0.2) is 0 Å². The van der Waals surface area contributed by atoms with Gasteiger partial charge < -0.3 is 0 Å². The summed E-state index contributed by atoms with van der Waals surface area (Å²) in [7, 11) is 0. The van der Waals surface area contributed by atoms with Gasteiger partial charge in [-0.3, -0.25) is 0 Å². The van der Waals surface area contributed by atoms with Crippen molar-refractivity contribution in [1.82, 2.24) is 0 Å². The highest BCUT2D eigenvalue weighted by Gasteiger charge is 2.28. The van der Waals surface area contributed by atoms with E-state index in [0.29, 0.717) is 5.92 Å². The van der Waals surface area contributed by atoms with Gasteiger partial charge in [0.2, 0.25) is 0 Å². The van der Waals surface area contributed by atoms with E-state index in [0.717, 1.165) is 6.42 Å². The van der Waals surface area contributed by atoms with Gasteiger partial charge in [0.1, 0.15) is 0 Å². The Morgan fingerprint density at radius 3 is 2.55 bits per heavy atom. The maximum absolute atomic E-state index is 2.34. The van der Waals surface area contributed by atoms with Crippen molar-refractivity contribution in [2.24, 2.45) is 0 Å². The lowest BCUT2D eigenvalue weighted by Gasteiger charge is -2.16. The van der Waals surface area contributed by atoms with Crippen LogP contribution in [0, 0.1) is 6.42 Å². The standard InChI is InChI=1S/C22H17/c1-14-11-16-7-4-9-18(20(16)12-14)21-13-17-8-2-5-15-6-3-10-19(21)22(15)17/h2-12,21H,13H2,1H3. The number of benzene rings is 3. The number of rotatable bonds is 1. The molecule has 22 heavy (non-hydrogen) atoms. The minimum atomic E-state index is 0.492. The molecule has 0 saturated carbocycles. The van der Waals surface area contributed by atoms with Crippen LogP contribution in [0.2, 0.25) is 0 Å². The van der Waals surface area contributed by atoms with E-state index in [9.17, 15) is 0 Å². The van der Waals surface area contributed by atoms with E-state index in [1.54, 1.807) is 0 Å². The van der Waals surface area contributed by atoms with E-state index in [4.69, 9.17) is 0 Å². The Bertz CT molecular complexity index is 938. The van der Waals surface area contributed by atoms with Crippen LogP contribution in [0.5, 0.6) is 0 Å². The van der Waals surface area contributed by atoms with Crippen molar-refractivity contribution >= 4 is 16.8 Å². The number of fused-ring (bicyclic) bond motifs is 1. The van der Waals surface area contributed by atoms with Gasteiger partial charge in [-0.15, -0.1) is 0 Å². The van der Waals surface area contributed by atoms with Crippen LogP contribution in [-0.4, -0.2) is 0 Å². The molecule has 0 aliphatic heterocycles. The Labute approximate surface area is 131 Å². The summed E-state index contributed by atoms with van der Waals surface area (Å²) in [6, 6.07) is 20.2. The molecular weight excluding hydrogens is 264 g/mol. The van der Waals surface area contributed by atoms with E-state index in [1.807, 2.05) is 0 Å². The quantitative estimate of drug-likeness (QED) is 0.552. The van der Waals surface area contributed by atoms with Gasteiger partial charge in [-0.05, 0) is 51.9 Å². The molecule has 0 nitrogen and oxygen atoms in total. The Morgan fingerprint density at radius 1 is 0.864 bits per heavy atom. The molecule has 1 unspecified atom stereocenters. The largest absolute Gasteiger partial charge is 0.0642 e. The zero-order valence-electron chi connectivity index (χ0n) is 12.6. The zero-order chi connectivity index (χ0) is 14.7. The second kappa shape index (κ2) is 4.33. The van der Waals surface area contributed by atoms with Crippen molar-refractivity contribution in [3.8, 4) is 0 Å². The molecule has 0 N–H and O–H groups in total. The van der Waals surface area contributed by atoms with Gasteiger partial charge in [-0.2, -0.15) is 0 Å². The molecule has 1 radical (unpaired) electrons. The van der Waals surface area contributed by atoms with Crippen molar-refractivity contribution in [2.75, 3.05) is 0 Å².